The smallest absolute Gasteiger partial charge is 0.380 e. The molecule has 1 aliphatic rings. The zero-order valence-electron chi connectivity index (χ0n) is 23.7. The van der Waals surface area contributed by atoms with Crippen LogP contribution in [0.15, 0.2) is 41.5 Å². The number of imidazole rings is 1. The maximum Gasteiger partial charge on any atom is 0.380 e. The summed E-state index contributed by atoms with van der Waals surface area (Å²) in [4.78, 5) is 32.5. The van der Waals surface area contributed by atoms with E-state index in [1.807, 2.05) is 0 Å². The molecule has 0 spiro atoms. The Bertz CT molecular complexity index is 1550. The van der Waals surface area contributed by atoms with Crippen molar-refractivity contribution in [2.24, 2.45) is 5.92 Å². The van der Waals surface area contributed by atoms with Gasteiger partial charge in [-0.25, -0.2) is 13.9 Å². The van der Waals surface area contributed by atoms with Gasteiger partial charge in [0, 0.05) is 0 Å². The molecule has 40 heavy (non-hydrogen) atoms. The van der Waals surface area contributed by atoms with Gasteiger partial charge in [0.05, 0.1) is 33.8 Å². The minimum Gasteiger partial charge on any atom is -0.463 e. The van der Waals surface area contributed by atoms with E-state index in [1.54, 1.807) is 32.0 Å². The molecule has 0 amide bonds. The van der Waals surface area contributed by atoms with Gasteiger partial charge in [0.15, 0.2) is 17.4 Å². The van der Waals surface area contributed by atoms with Crippen molar-refractivity contribution in [1.82, 2.24) is 19.5 Å². The van der Waals surface area contributed by atoms with Gasteiger partial charge in [-0.2, -0.15) is 4.98 Å². The normalized spacial score (nSPS) is 26.2. The lowest BCUT2D eigenvalue weighted by atomic mass is 10.0. The van der Waals surface area contributed by atoms with Crippen molar-refractivity contribution >= 4 is 42.3 Å². The number of nitrogens with one attached hydrogen (secondary N) is 1. The summed E-state index contributed by atoms with van der Waals surface area (Å²) >= 11 is 6.49. The molecule has 6 atom stereocenters. The van der Waals surface area contributed by atoms with E-state index >= 15 is 0 Å². The number of benzene rings is 1. The van der Waals surface area contributed by atoms with Gasteiger partial charge in [-0.1, -0.05) is 25.1 Å². The van der Waals surface area contributed by atoms with Crippen LogP contribution >= 0.6 is 19.2 Å². The van der Waals surface area contributed by atoms with Crippen molar-refractivity contribution < 1.29 is 40.1 Å². The first kappa shape index (κ1) is 27.2. The molecule has 1 aromatic carbocycles. The van der Waals surface area contributed by atoms with Gasteiger partial charge in [0.25, 0.3) is 5.56 Å². The minimum atomic E-state index is -4.57. The average molecular weight is 604 g/mol. The van der Waals surface area contributed by atoms with Gasteiger partial charge in [-0.3, -0.25) is 23.7 Å². The summed E-state index contributed by atoms with van der Waals surface area (Å²) in [5.74, 6) is -2.05. The Morgan fingerprint density at radius 3 is 2.75 bits per heavy atom. The van der Waals surface area contributed by atoms with Gasteiger partial charge in [0.2, 0.25) is 5.95 Å². The number of alkyl halides is 2. The van der Waals surface area contributed by atoms with E-state index in [4.69, 9.17) is 38.6 Å². The Labute approximate surface area is 236 Å². The van der Waals surface area contributed by atoms with Gasteiger partial charge in [-0.15, -0.1) is 11.6 Å². The number of ether oxygens (including phenoxy) is 2. The molecule has 2 aromatic heterocycles. The van der Waals surface area contributed by atoms with Crippen LogP contribution in [0.4, 0.5) is 10.3 Å². The molecule has 1 aliphatic heterocycles. The van der Waals surface area contributed by atoms with E-state index in [2.05, 4.69) is 15.0 Å². The number of halogens is 2. The summed E-state index contributed by atoms with van der Waals surface area (Å²) in [6, 6.07) is 7.69. The van der Waals surface area contributed by atoms with Crippen LogP contribution in [0.2, 0.25) is 0 Å². The third kappa shape index (κ3) is 6.16. The monoisotopic (exact) mass is 603 g/mol. The first-order valence-electron chi connectivity index (χ1n) is 13.2. The fraction of sp³-hybridized carbons (Fsp3) is 0.500. The predicted octanol–water partition coefficient (Wildman–Crippen LogP) is 2.78. The van der Waals surface area contributed by atoms with Crippen molar-refractivity contribution in [1.29, 1.82) is 0 Å². The number of hydrogen-bond donors (Lipinski definition) is 3. The standard InChI is InChI=1S/C24H30ClFN5O8P/c1-13(2)37-21(34)14(3)10-40(35,39-15-7-5-4-6-8-15)36-9-16-18(32)24(25,11-26)22(38-16)31-12-28-17-19(31)29-23(27)30-20(17)33/h4-8,12-14,16,18,22,32H,9-11H2,1-3H3,(H3,27,29,30,33)/t14-,16-,18+,22-,24?,40-/m1/s1/i9D2. The number of aliphatic hydroxyl groups excluding tert-OH is 1. The first-order chi connectivity index (χ1) is 19.6. The molecule has 3 aromatic rings. The Morgan fingerprint density at radius 2 is 2.10 bits per heavy atom. The highest BCUT2D eigenvalue weighted by atomic mass is 35.5. The number of aromatic amines is 1. The first-order valence-corrected chi connectivity index (χ1v) is 14.3. The SMILES string of the molecule is [2H]C([2H])(O[P@](=O)(C[C@@H](C)C(=O)OC(C)C)Oc1ccccc1)[C@H]1O[C@@H](n2cnc3c(=O)[nH]c(N)nc32)C(Cl)(CF)[C@H]1O. The second-order valence-electron chi connectivity index (χ2n) is 9.48. The van der Waals surface area contributed by atoms with Crippen molar-refractivity contribution in [2.45, 2.75) is 50.2 Å². The van der Waals surface area contributed by atoms with Gasteiger partial charge < -0.3 is 24.8 Å². The third-order valence-electron chi connectivity index (χ3n) is 5.92. The molecule has 4 N–H and O–H groups in total. The second kappa shape index (κ2) is 11.8. The molecule has 3 heterocycles. The topological polar surface area (TPSA) is 181 Å². The number of esters is 1. The van der Waals surface area contributed by atoms with Crippen LogP contribution in [0, 0.1) is 5.92 Å². The lowest BCUT2D eigenvalue weighted by molar-refractivity contribution is -0.151. The molecule has 13 nitrogen and oxygen atoms in total. The zero-order valence-corrected chi connectivity index (χ0v) is 23.3. The van der Waals surface area contributed by atoms with Crippen molar-refractivity contribution in [2.75, 3.05) is 25.1 Å². The minimum absolute atomic E-state index is 0.0426. The van der Waals surface area contributed by atoms with Crippen LogP contribution in [-0.2, 0) is 23.4 Å². The number of carbonyl (C=O) groups is 1. The molecule has 0 bridgehead atoms. The van der Waals surface area contributed by atoms with E-state index in [0.717, 1.165) is 10.9 Å². The van der Waals surface area contributed by atoms with E-state index in [0.29, 0.717) is 0 Å². The summed E-state index contributed by atoms with van der Waals surface area (Å²) in [6.45, 7) is 0.0694. The second-order valence-corrected chi connectivity index (χ2v) is 12.1. The Kier molecular flexibility index (Phi) is 8.03. The van der Waals surface area contributed by atoms with Crippen molar-refractivity contribution in [3.8, 4) is 5.75 Å². The highest BCUT2D eigenvalue weighted by molar-refractivity contribution is 7.54. The fourth-order valence-corrected chi connectivity index (χ4v) is 5.98. The molecule has 218 valence electrons. The lowest BCUT2D eigenvalue weighted by Gasteiger charge is -2.27. The van der Waals surface area contributed by atoms with E-state index in [1.165, 1.54) is 19.1 Å². The maximum atomic E-state index is 14.5. The highest BCUT2D eigenvalue weighted by Crippen LogP contribution is 2.52. The van der Waals surface area contributed by atoms with Gasteiger partial charge in [-0.05, 0) is 26.0 Å². The third-order valence-corrected chi connectivity index (χ3v) is 8.30. The zero-order chi connectivity index (χ0) is 31.0. The van der Waals surface area contributed by atoms with E-state index in [9.17, 15) is 23.7 Å². The Hall–Kier alpha value is -3.03. The van der Waals surface area contributed by atoms with Gasteiger partial charge >= 0.3 is 13.6 Å². The molecular weight excluding hydrogens is 572 g/mol. The number of fused-ring (bicyclic) bond motifs is 1. The summed E-state index contributed by atoms with van der Waals surface area (Å²) in [5.41, 5.74) is 4.54. The molecule has 16 heteroatoms. The molecule has 1 saturated heterocycles. The molecule has 4 rings (SSSR count). The molecule has 0 saturated carbocycles. The predicted molar refractivity (Wildman–Crippen MR) is 143 cm³/mol. The van der Waals surface area contributed by atoms with Crippen LogP contribution in [0.25, 0.3) is 11.2 Å². The summed E-state index contributed by atoms with van der Waals surface area (Å²) in [5, 5.41) is 11.1. The summed E-state index contributed by atoms with van der Waals surface area (Å²) in [6.07, 6.45) is -5.89. The number of H-pyrrole nitrogens is 1. The quantitative estimate of drug-likeness (QED) is 0.166. The molecule has 1 unspecified atom stereocenters. The van der Waals surface area contributed by atoms with Crippen molar-refractivity contribution in [3.05, 3.63) is 47.0 Å². The average Bonchev–Trinajstić information content (AvgIpc) is 3.42. The number of aliphatic hydroxyl groups is 1. The number of aromatic nitrogens is 4. The number of nitrogens with zero attached hydrogens (tertiary/aromatic N) is 3. The van der Waals surface area contributed by atoms with Gasteiger partial charge in [0.1, 0.15) is 29.5 Å². The summed E-state index contributed by atoms with van der Waals surface area (Å²) in [7, 11) is -4.57. The number of anilines is 1. The molecule has 0 aliphatic carbocycles. The van der Waals surface area contributed by atoms with Crippen LogP contribution < -0.4 is 15.8 Å². The summed E-state index contributed by atoms with van der Waals surface area (Å²) < 4.78 is 68.7. The number of rotatable bonds is 11. The molecular formula is C24H30ClFN5O8P. The lowest BCUT2D eigenvalue weighted by Crippen LogP contribution is -2.44. The number of carbonyl (C=O) groups excluding carboxylic acids is 1. The number of para-hydroxylation sites is 1. The number of hydrogen-bond acceptors (Lipinski definition) is 11. The highest BCUT2D eigenvalue weighted by Gasteiger charge is 2.57. The number of nitrogen functional groups attached to an aromatic ring is 1. The van der Waals surface area contributed by atoms with Crippen molar-refractivity contribution in [3.63, 3.8) is 0 Å². The van der Waals surface area contributed by atoms with E-state index < -0.39 is 73.9 Å². The Morgan fingerprint density at radius 1 is 1.40 bits per heavy atom. The molecule has 0 radical (unpaired) electrons. The van der Waals surface area contributed by atoms with Crippen LogP contribution in [0.5, 0.6) is 5.75 Å². The maximum absolute atomic E-state index is 14.5. The number of nitrogens with two attached hydrogens (primary N) is 1. The largest absolute Gasteiger partial charge is 0.463 e. The van der Waals surface area contributed by atoms with Crippen LogP contribution in [-0.4, -0.2) is 73.2 Å². The van der Waals surface area contributed by atoms with Crippen LogP contribution in [0.1, 0.15) is 29.7 Å². The Balaban J connectivity index is 1.68. The fourth-order valence-electron chi connectivity index (χ4n) is 4.00. The van der Waals surface area contributed by atoms with E-state index in [-0.39, 0.29) is 22.9 Å². The van der Waals surface area contributed by atoms with Crippen LogP contribution in [0.3, 0.4) is 0 Å². The molecule has 1 fully saturated rings.